The zero-order valence-corrected chi connectivity index (χ0v) is 14.1. The van der Waals surface area contributed by atoms with Gasteiger partial charge in [-0.25, -0.2) is 0 Å². The highest BCUT2D eigenvalue weighted by Crippen LogP contribution is 2.59. The van der Waals surface area contributed by atoms with E-state index in [1.165, 1.54) is 19.3 Å². The summed E-state index contributed by atoms with van der Waals surface area (Å²) in [5, 5.41) is 10.5. The van der Waals surface area contributed by atoms with Gasteiger partial charge in [0.25, 0.3) is 0 Å². The molecule has 3 nitrogen and oxygen atoms in total. The standard InChI is InChI=1S/C20H28O3/c1-19-8-6-15-14-7-9-20(22-10-11-23-20)12-13(14)2-3-16(15)17(19)4-5-18(19)21/h6,16-18,21H,2-5,7-12H2,1H3/t16-,17?,18+,19+/m1/s1. The molecular weight excluding hydrogens is 288 g/mol. The van der Waals surface area contributed by atoms with E-state index in [2.05, 4.69) is 13.0 Å². The first-order valence-electron chi connectivity index (χ1n) is 9.49. The Hall–Kier alpha value is -0.640. The summed E-state index contributed by atoms with van der Waals surface area (Å²) in [4.78, 5) is 0. The molecule has 1 unspecified atom stereocenters. The van der Waals surface area contributed by atoms with E-state index in [9.17, 15) is 5.11 Å². The summed E-state index contributed by atoms with van der Waals surface area (Å²) in [5.41, 5.74) is 4.99. The van der Waals surface area contributed by atoms with Gasteiger partial charge in [0, 0.05) is 18.3 Å². The van der Waals surface area contributed by atoms with Crippen LogP contribution in [0.15, 0.2) is 22.8 Å². The average Bonchev–Trinajstić information content (AvgIpc) is 3.12. The highest BCUT2D eigenvalue weighted by molar-refractivity contribution is 5.44. The first-order valence-corrected chi connectivity index (χ1v) is 9.49. The zero-order chi connectivity index (χ0) is 15.7. The molecule has 4 aliphatic carbocycles. The van der Waals surface area contributed by atoms with Crippen LogP contribution in [0, 0.1) is 17.3 Å². The van der Waals surface area contributed by atoms with Crippen LogP contribution in [0.1, 0.15) is 58.3 Å². The van der Waals surface area contributed by atoms with Crippen molar-refractivity contribution in [1.82, 2.24) is 0 Å². The van der Waals surface area contributed by atoms with E-state index in [1.54, 1.807) is 16.7 Å². The Morgan fingerprint density at radius 3 is 2.78 bits per heavy atom. The molecule has 1 heterocycles. The van der Waals surface area contributed by atoms with Crippen LogP contribution in [0.25, 0.3) is 0 Å². The number of aliphatic hydroxyl groups excluding tert-OH is 1. The third kappa shape index (κ3) is 1.99. The number of hydrogen-bond donors (Lipinski definition) is 1. The minimum atomic E-state index is -0.293. The van der Waals surface area contributed by atoms with Crippen LogP contribution in [0.2, 0.25) is 0 Å². The smallest absolute Gasteiger partial charge is 0.172 e. The second-order valence-corrected chi connectivity index (χ2v) is 8.58. The zero-order valence-electron chi connectivity index (χ0n) is 14.1. The fourth-order valence-corrected chi connectivity index (χ4v) is 6.27. The van der Waals surface area contributed by atoms with Crippen molar-refractivity contribution in [2.75, 3.05) is 13.2 Å². The molecule has 0 aromatic carbocycles. The SMILES string of the molecule is C[C@]12CC=C3C4=C(CC[C@H]3C1CC[C@@H]2O)CC1(CC4)OCCO1. The van der Waals surface area contributed by atoms with Crippen LogP contribution in [-0.4, -0.2) is 30.2 Å². The fraction of sp³-hybridized carbons (Fsp3) is 0.800. The maximum absolute atomic E-state index is 10.5. The van der Waals surface area contributed by atoms with Crippen molar-refractivity contribution < 1.29 is 14.6 Å². The van der Waals surface area contributed by atoms with Gasteiger partial charge in [0.2, 0.25) is 0 Å². The first-order chi connectivity index (χ1) is 11.1. The lowest BCUT2D eigenvalue weighted by molar-refractivity contribution is -0.164. The Labute approximate surface area is 138 Å². The lowest BCUT2D eigenvalue weighted by Gasteiger charge is -2.48. The summed E-state index contributed by atoms with van der Waals surface area (Å²) in [5.74, 6) is 1.07. The van der Waals surface area contributed by atoms with Gasteiger partial charge in [0.15, 0.2) is 5.79 Å². The molecule has 5 aliphatic rings. The van der Waals surface area contributed by atoms with Gasteiger partial charge in [-0.3, -0.25) is 0 Å². The predicted octanol–water partition coefficient (Wildman–Crippen LogP) is 3.73. The Kier molecular flexibility index (Phi) is 3.15. The molecule has 1 spiro atoms. The molecule has 1 saturated heterocycles. The van der Waals surface area contributed by atoms with E-state index in [1.807, 2.05) is 0 Å². The summed E-state index contributed by atoms with van der Waals surface area (Å²) in [6, 6.07) is 0. The van der Waals surface area contributed by atoms with Crippen LogP contribution in [0.5, 0.6) is 0 Å². The highest BCUT2D eigenvalue weighted by atomic mass is 16.7. The summed E-state index contributed by atoms with van der Waals surface area (Å²) in [7, 11) is 0. The van der Waals surface area contributed by atoms with Gasteiger partial charge >= 0.3 is 0 Å². The summed E-state index contributed by atoms with van der Waals surface area (Å²) < 4.78 is 11.9. The minimum absolute atomic E-state index is 0.101. The third-order valence-corrected chi connectivity index (χ3v) is 7.59. The Morgan fingerprint density at radius 2 is 1.96 bits per heavy atom. The largest absolute Gasteiger partial charge is 0.393 e. The van der Waals surface area contributed by atoms with Gasteiger partial charge in [0.1, 0.15) is 0 Å². The second-order valence-electron chi connectivity index (χ2n) is 8.58. The quantitative estimate of drug-likeness (QED) is 0.740. The normalized spacial score (nSPS) is 44.8. The van der Waals surface area contributed by atoms with E-state index in [0.29, 0.717) is 11.8 Å². The highest BCUT2D eigenvalue weighted by Gasteiger charge is 2.53. The van der Waals surface area contributed by atoms with Crippen LogP contribution in [0.3, 0.4) is 0 Å². The fourth-order valence-electron chi connectivity index (χ4n) is 6.27. The van der Waals surface area contributed by atoms with Crippen LogP contribution < -0.4 is 0 Å². The van der Waals surface area contributed by atoms with Gasteiger partial charge in [-0.05, 0) is 61.5 Å². The Bertz CT molecular complexity index is 584. The summed E-state index contributed by atoms with van der Waals surface area (Å²) in [6.07, 6.45) is 11.2. The number of hydrogen-bond acceptors (Lipinski definition) is 3. The molecule has 126 valence electrons. The molecule has 1 N–H and O–H groups in total. The van der Waals surface area contributed by atoms with Crippen molar-refractivity contribution >= 4 is 0 Å². The lowest BCUT2D eigenvalue weighted by Crippen LogP contribution is -2.42. The predicted molar refractivity (Wildman–Crippen MR) is 87.8 cm³/mol. The maximum Gasteiger partial charge on any atom is 0.172 e. The molecule has 0 aromatic rings. The molecule has 2 fully saturated rings. The van der Waals surface area contributed by atoms with Gasteiger partial charge in [-0.1, -0.05) is 18.6 Å². The van der Waals surface area contributed by atoms with Crippen molar-refractivity contribution in [3.63, 3.8) is 0 Å². The molecule has 0 radical (unpaired) electrons. The van der Waals surface area contributed by atoms with Crippen LogP contribution in [0.4, 0.5) is 0 Å². The van der Waals surface area contributed by atoms with Crippen molar-refractivity contribution in [3.05, 3.63) is 22.8 Å². The van der Waals surface area contributed by atoms with E-state index >= 15 is 0 Å². The monoisotopic (exact) mass is 316 g/mol. The van der Waals surface area contributed by atoms with E-state index in [4.69, 9.17) is 9.47 Å². The van der Waals surface area contributed by atoms with Crippen molar-refractivity contribution in [1.29, 1.82) is 0 Å². The molecule has 4 atom stereocenters. The van der Waals surface area contributed by atoms with Gasteiger partial charge in [0.05, 0.1) is 19.3 Å². The maximum atomic E-state index is 10.5. The van der Waals surface area contributed by atoms with Gasteiger partial charge in [-0.2, -0.15) is 0 Å². The van der Waals surface area contributed by atoms with Crippen LogP contribution in [-0.2, 0) is 9.47 Å². The lowest BCUT2D eigenvalue weighted by atomic mass is 9.58. The molecule has 3 heteroatoms. The molecule has 0 bridgehead atoms. The van der Waals surface area contributed by atoms with Crippen molar-refractivity contribution in [2.45, 2.75) is 70.2 Å². The minimum Gasteiger partial charge on any atom is -0.393 e. The molecule has 1 saturated carbocycles. The first kappa shape index (κ1) is 14.7. The number of rotatable bonds is 0. The molecule has 0 aromatic heterocycles. The van der Waals surface area contributed by atoms with E-state index < -0.39 is 0 Å². The Morgan fingerprint density at radius 1 is 1.13 bits per heavy atom. The molecule has 0 amide bonds. The number of allylic oxidation sites excluding steroid dienone is 3. The molecule has 23 heavy (non-hydrogen) atoms. The van der Waals surface area contributed by atoms with Gasteiger partial charge < -0.3 is 14.6 Å². The summed E-state index contributed by atoms with van der Waals surface area (Å²) >= 11 is 0. The summed E-state index contributed by atoms with van der Waals surface area (Å²) in [6.45, 7) is 3.83. The number of aliphatic hydroxyl groups is 1. The van der Waals surface area contributed by atoms with Crippen molar-refractivity contribution in [3.8, 4) is 0 Å². The average molecular weight is 316 g/mol. The van der Waals surface area contributed by atoms with Gasteiger partial charge in [-0.15, -0.1) is 0 Å². The molecular formula is C20H28O3. The number of ether oxygens (including phenoxy) is 2. The molecule has 1 aliphatic heterocycles. The van der Waals surface area contributed by atoms with Crippen LogP contribution >= 0.6 is 0 Å². The van der Waals surface area contributed by atoms with E-state index in [-0.39, 0.29) is 17.3 Å². The second kappa shape index (κ2) is 4.93. The molecule has 5 rings (SSSR count). The Balaban J connectivity index is 1.48. The topological polar surface area (TPSA) is 38.7 Å². The number of fused-ring (bicyclic) bond motifs is 4. The van der Waals surface area contributed by atoms with Crippen molar-refractivity contribution in [2.24, 2.45) is 17.3 Å². The van der Waals surface area contributed by atoms with E-state index in [0.717, 1.165) is 45.3 Å². The third-order valence-electron chi connectivity index (χ3n) is 7.59.